The average molecular weight is 370 g/mol. The maximum absolute atomic E-state index is 9.31. The minimum atomic E-state index is 0. The maximum atomic E-state index is 9.31. The van der Waals surface area contributed by atoms with Crippen molar-refractivity contribution in [1.29, 1.82) is 0 Å². The summed E-state index contributed by atoms with van der Waals surface area (Å²) >= 11 is 0. The van der Waals surface area contributed by atoms with Crippen LogP contribution in [0.25, 0.3) is 21.8 Å². The van der Waals surface area contributed by atoms with Crippen molar-refractivity contribution in [3.63, 3.8) is 0 Å². The molecule has 0 radical (unpaired) electrons. The molecule has 0 aliphatic rings. The predicted octanol–water partition coefficient (Wildman–Crippen LogP) is 4.18. The molecule has 0 atom stereocenters. The minimum absolute atomic E-state index is 0. The molecule has 0 saturated carbocycles. The first kappa shape index (κ1) is 17.8. The molecule has 4 aromatic rings. The van der Waals surface area contributed by atoms with Crippen molar-refractivity contribution in [2.45, 2.75) is 0 Å². The molecular formula is C19H16N2O2Zn. The van der Waals surface area contributed by atoms with Gasteiger partial charge in [-0.1, -0.05) is 36.4 Å². The number of benzene rings is 2. The number of para-hydroxylation sites is 2. The Hall–Kier alpha value is -2.52. The van der Waals surface area contributed by atoms with E-state index in [2.05, 4.69) is 9.97 Å². The Morgan fingerprint density at radius 2 is 1.29 bits per heavy atom. The fourth-order valence-electron chi connectivity index (χ4n) is 2.33. The molecule has 0 aliphatic carbocycles. The first-order chi connectivity index (χ1) is 11.3. The van der Waals surface area contributed by atoms with Crippen LogP contribution in [0.2, 0.25) is 0 Å². The Bertz CT molecular complexity index is 934. The molecular weight excluding hydrogens is 354 g/mol. The number of nitrogens with zero attached hydrogens (tertiary/aromatic N) is 2. The quantitative estimate of drug-likeness (QED) is 0.511. The Morgan fingerprint density at radius 1 is 0.750 bits per heavy atom. The van der Waals surface area contributed by atoms with Crippen molar-refractivity contribution >= 4 is 21.8 Å². The second-order valence-corrected chi connectivity index (χ2v) is 4.89. The summed E-state index contributed by atoms with van der Waals surface area (Å²) in [6.45, 7) is 0. The van der Waals surface area contributed by atoms with Crippen LogP contribution < -0.4 is 4.74 Å². The number of phenols is 1. The molecule has 116 valence electrons. The predicted molar refractivity (Wildman–Crippen MR) is 91.7 cm³/mol. The number of hydrogen-bond acceptors (Lipinski definition) is 4. The van der Waals surface area contributed by atoms with Gasteiger partial charge in [-0.25, -0.2) is 0 Å². The monoisotopic (exact) mass is 368 g/mol. The molecule has 1 N–H and O–H groups in total. The second kappa shape index (κ2) is 8.37. The van der Waals surface area contributed by atoms with Gasteiger partial charge < -0.3 is 9.84 Å². The number of rotatable bonds is 1. The number of phenolic OH excluding ortho intramolecular Hbond substituents is 1. The molecule has 2 aromatic heterocycles. The summed E-state index contributed by atoms with van der Waals surface area (Å²) in [5.41, 5.74) is 1.58. The Kier molecular flexibility index (Phi) is 6.22. The van der Waals surface area contributed by atoms with Gasteiger partial charge in [0.15, 0.2) is 0 Å². The zero-order chi connectivity index (χ0) is 16.1. The van der Waals surface area contributed by atoms with Crippen LogP contribution in [0.3, 0.4) is 0 Å². The molecule has 0 bridgehead atoms. The van der Waals surface area contributed by atoms with Crippen molar-refractivity contribution in [3.05, 3.63) is 73.1 Å². The third-order valence-electron chi connectivity index (χ3n) is 3.43. The van der Waals surface area contributed by atoms with Gasteiger partial charge in [-0.2, -0.15) is 0 Å². The molecule has 0 saturated heterocycles. The van der Waals surface area contributed by atoms with E-state index in [1.165, 1.54) is 0 Å². The van der Waals surface area contributed by atoms with Gasteiger partial charge in [0.25, 0.3) is 0 Å². The van der Waals surface area contributed by atoms with E-state index >= 15 is 0 Å². The van der Waals surface area contributed by atoms with E-state index in [4.69, 9.17) is 4.74 Å². The normalized spacial score (nSPS) is 9.71. The molecule has 4 rings (SSSR count). The maximum Gasteiger partial charge on any atom is 0.145 e. The standard InChI is InChI=1S/C10H9NO.C9H7NO.Zn/c1-12-9-6-2-4-8-5-3-7-11-10(8)9;11-8-5-1-3-7-4-2-6-10-9(7)8;/h2-7H,1H3;1-6,11H;. The summed E-state index contributed by atoms with van der Waals surface area (Å²) in [4.78, 5) is 8.26. The van der Waals surface area contributed by atoms with E-state index in [0.29, 0.717) is 5.52 Å². The topological polar surface area (TPSA) is 55.2 Å². The molecule has 5 heteroatoms. The van der Waals surface area contributed by atoms with Crippen LogP contribution >= 0.6 is 0 Å². The van der Waals surface area contributed by atoms with Crippen LogP contribution in [-0.4, -0.2) is 22.2 Å². The summed E-state index contributed by atoms with van der Waals surface area (Å²) in [6, 6.07) is 19.0. The molecule has 0 unspecified atom stereocenters. The summed E-state index contributed by atoms with van der Waals surface area (Å²) in [6.07, 6.45) is 3.44. The fraction of sp³-hybridized carbons (Fsp3) is 0.0526. The van der Waals surface area contributed by atoms with E-state index < -0.39 is 0 Å². The van der Waals surface area contributed by atoms with E-state index in [0.717, 1.165) is 22.0 Å². The SMILES string of the molecule is COc1cccc2cccnc12.Oc1cccc2cccnc12.[Zn]. The number of methoxy groups -OCH3 is 1. The van der Waals surface area contributed by atoms with Crippen LogP contribution in [0.15, 0.2) is 73.1 Å². The Balaban J connectivity index is 0.000000167. The molecule has 0 fully saturated rings. The van der Waals surface area contributed by atoms with E-state index in [1.54, 1.807) is 31.6 Å². The number of fused-ring (bicyclic) bond motifs is 2. The smallest absolute Gasteiger partial charge is 0.145 e. The fourth-order valence-corrected chi connectivity index (χ4v) is 2.33. The number of aromatic hydroxyl groups is 1. The third-order valence-corrected chi connectivity index (χ3v) is 3.43. The largest absolute Gasteiger partial charge is 0.506 e. The van der Waals surface area contributed by atoms with Gasteiger partial charge in [-0.05, 0) is 24.3 Å². The van der Waals surface area contributed by atoms with Crippen LogP contribution in [0.4, 0.5) is 0 Å². The number of pyridine rings is 2. The van der Waals surface area contributed by atoms with Crippen molar-refractivity contribution in [3.8, 4) is 11.5 Å². The van der Waals surface area contributed by atoms with Crippen LogP contribution in [0, 0.1) is 0 Å². The van der Waals surface area contributed by atoms with Gasteiger partial charge in [0.1, 0.15) is 22.5 Å². The second-order valence-electron chi connectivity index (χ2n) is 4.89. The van der Waals surface area contributed by atoms with Crippen molar-refractivity contribution in [2.75, 3.05) is 7.11 Å². The molecule has 4 nitrogen and oxygen atoms in total. The Morgan fingerprint density at radius 3 is 1.92 bits per heavy atom. The van der Waals surface area contributed by atoms with Gasteiger partial charge in [0, 0.05) is 42.6 Å². The van der Waals surface area contributed by atoms with Gasteiger partial charge in [-0.3, -0.25) is 9.97 Å². The van der Waals surface area contributed by atoms with E-state index in [9.17, 15) is 5.11 Å². The average Bonchev–Trinajstić information content (AvgIpc) is 2.62. The molecule has 2 aromatic carbocycles. The minimum Gasteiger partial charge on any atom is -0.506 e. The van der Waals surface area contributed by atoms with Crippen molar-refractivity contribution in [2.24, 2.45) is 0 Å². The van der Waals surface area contributed by atoms with Crippen LogP contribution in [-0.2, 0) is 19.5 Å². The summed E-state index contributed by atoms with van der Waals surface area (Å²) in [7, 11) is 1.66. The Labute approximate surface area is 152 Å². The molecule has 2 heterocycles. The molecule has 0 aliphatic heterocycles. The third kappa shape index (κ3) is 3.87. The van der Waals surface area contributed by atoms with E-state index in [1.807, 2.05) is 48.5 Å². The van der Waals surface area contributed by atoms with Crippen molar-refractivity contribution < 1.29 is 29.3 Å². The zero-order valence-corrected chi connectivity index (χ0v) is 16.4. The number of ether oxygens (including phenoxy) is 1. The number of aromatic nitrogens is 2. The molecule has 0 spiro atoms. The first-order valence-corrected chi connectivity index (χ1v) is 7.20. The van der Waals surface area contributed by atoms with Crippen LogP contribution in [0.5, 0.6) is 11.5 Å². The number of hydrogen-bond donors (Lipinski definition) is 1. The summed E-state index contributed by atoms with van der Waals surface area (Å²) in [5, 5.41) is 11.4. The first-order valence-electron chi connectivity index (χ1n) is 7.20. The van der Waals surface area contributed by atoms with Gasteiger partial charge in [-0.15, -0.1) is 0 Å². The van der Waals surface area contributed by atoms with Crippen molar-refractivity contribution in [1.82, 2.24) is 9.97 Å². The van der Waals surface area contributed by atoms with E-state index in [-0.39, 0.29) is 25.2 Å². The summed E-state index contributed by atoms with van der Waals surface area (Å²) < 4.78 is 5.16. The van der Waals surface area contributed by atoms with Gasteiger partial charge in [0.05, 0.1) is 7.11 Å². The molecule has 0 amide bonds. The molecule has 24 heavy (non-hydrogen) atoms. The van der Waals surface area contributed by atoms with Gasteiger partial charge >= 0.3 is 0 Å². The van der Waals surface area contributed by atoms with Gasteiger partial charge in [0.2, 0.25) is 0 Å². The summed E-state index contributed by atoms with van der Waals surface area (Å²) in [5.74, 6) is 1.07. The zero-order valence-electron chi connectivity index (χ0n) is 13.4. The van der Waals surface area contributed by atoms with Crippen LogP contribution in [0.1, 0.15) is 0 Å².